The molecule has 2 fully saturated rings. The number of hydrogen-bond acceptors (Lipinski definition) is 6. The van der Waals surface area contributed by atoms with E-state index in [4.69, 9.17) is 9.47 Å². The van der Waals surface area contributed by atoms with E-state index in [-0.39, 0.29) is 17.4 Å². The third-order valence-corrected chi connectivity index (χ3v) is 6.66. The Balaban J connectivity index is 1.24. The first-order chi connectivity index (χ1) is 15.4. The fourth-order valence-electron chi connectivity index (χ4n) is 4.94. The topological polar surface area (TPSA) is 97.0 Å². The van der Waals surface area contributed by atoms with Gasteiger partial charge in [-0.2, -0.15) is 0 Å². The number of amides is 2. The number of anilines is 1. The molecule has 2 aromatic rings. The van der Waals surface area contributed by atoms with Crippen LogP contribution >= 0.6 is 0 Å². The Bertz CT molecular complexity index is 1080. The summed E-state index contributed by atoms with van der Waals surface area (Å²) in [6, 6.07) is 14.0. The molecule has 2 amide bonds. The van der Waals surface area contributed by atoms with Crippen LogP contribution in [0.2, 0.25) is 0 Å². The Morgan fingerprint density at radius 2 is 1.69 bits per heavy atom. The molecular formula is C24H25N3O5. The summed E-state index contributed by atoms with van der Waals surface area (Å²) < 4.78 is 11.0. The predicted octanol–water partition coefficient (Wildman–Crippen LogP) is 2.42. The Morgan fingerprint density at radius 3 is 2.41 bits per heavy atom. The molecule has 5 rings (SSSR count). The molecule has 3 heterocycles. The molecule has 2 spiro atoms. The summed E-state index contributed by atoms with van der Waals surface area (Å²) in [6.07, 6.45) is 2.04. The van der Waals surface area contributed by atoms with Crippen molar-refractivity contribution in [3.63, 3.8) is 0 Å². The van der Waals surface area contributed by atoms with Crippen LogP contribution in [-0.2, 0) is 9.47 Å². The van der Waals surface area contributed by atoms with Crippen LogP contribution in [0.1, 0.15) is 50.3 Å². The fourth-order valence-corrected chi connectivity index (χ4v) is 4.94. The highest BCUT2D eigenvalue weighted by Crippen LogP contribution is 2.43. The van der Waals surface area contributed by atoms with Crippen molar-refractivity contribution in [1.82, 2.24) is 10.2 Å². The van der Waals surface area contributed by atoms with Crippen molar-refractivity contribution in [2.24, 2.45) is 0 Å². The molecule has 32 heavy (non-hydrogen) atoms. The van der Waals surface area contributed by atoms with E-state index < -0.39 is 11.6 Å². The molecule has 1 atom stereocenters. The first-order valence-electron chi connectivity index (χ1n) is 10.7. The molecule has 8 nitrogen and oxygen atoms in total. The van der Waals surface area contributed by atoms with E-state index in [1.165, 1.54) is 7.11 Å². The minimum atomic E-state index is -0.624. The number of para-hydroxylation sites is 1. The van der Waals surface area contributed by atoms with Crippen molar-refractivity contribution in [2.75, 3.05) is 32.1 Å². The molecular weight excluding hydrogens is 410 g/mol. The standard InChI is InChI=1S/C24H25N3O5/c1-31-22(30)17-8-6-16(7-9-17)21(29)27-12-10-23(11-13-27)14-24(15-32-23)25-19-5-3-2-4-18(19)20(28)26-24/h2-9,25H,10-15H2,1H3,(H,26,28). The van der Waals surface area contributed by atoms with E-state index >= 15 is 0 Å². The van der Waals surface area contributed by atoms with Crippen molar-refractivity contribution in [2.45, 2.75) is 30.5 Å². The van der Waals surface area contributed by atoms with E-state index in [1.807, 2.05) is 23.1 Å². The van der Waals surface area contributed by atoms with E-state index in [9.17, 15) is 14.4 Å². The number of likely N-dealkylation sites (tertiary alicyclic amines) is 1. The number of nitrogens with zero attached hydrogens (tertiary/aromatic N) is 1. The summed E-state index contributed by atoms with van der Waals surface area (Å²) in [5.74, 6) is -0.590. The summed E-state index contributed by atoms with van der Waals surface area (Å²) in [5.41, 5.74) is 1.40. The quantitative estimate of drug-likeness (QED) is 0.704. The van der Waals surface area contributed by atoms with Gasteiger partial charge in [0, 0.05) is 30.8 Å². The molecule has 8 heteroatoms. The number of nitrogens with one attached hydrogen (secondary N) is 2. The largest absolute Gasteiger partial charge is 0.465 e. The Morgan fingerprint density at radius 1 is 1.00 bits per heavy atom. The zero-order chi connectivity index (χ0) is 22.3. The number of benzene rings is 2. The molecule has 3 aliphatic rings. The first-order valence-corrected chi connectivity index (χ1v) is 10.7. The van der Waals surface area contributed by atoms with Crippen LogP contribution in [0, 0.1) is 0 Å². The molecule has 0 bridgehead atoms. The maximum absolute atomic E-state index is 12.9. The van der Waals surface area contributed by atoms with Crippen LogP contribution in [0.5, 0.6) is 0 Å². The van der Waals surface area contributed by atoms with E-state index in [1.54, 1.807) is 30.3 Å². The number of methoxy groups -OCH3 is 1. The Kier molecular flexibility index (Phi) is 4.89. The summed E-state index contributed by atoms with van der Waals surface area (Å²) >= 11 is 0. The number of fused-ring (bicyclic) bond motifs is 1. The lowest BCUT2D eigenvalue weighted by atomic mass is 9.84. The third-order valence-electron chi connectivity index (χ3n) is 6.66. The number of ether oxygens (including phenoxy) is 2. The van der Waals surface area contributed by atoms with Crippen molar-refractivity contribution in [3.8, 4) is 0 Å². The second-order valence-corrected chi connectivity index (χ2v) is 8.72. The lowest BCUT2D eigenvalue weighted by molar-refractivity contribution is -0.0393. The van der Waals surface area contributed by atoms with Crippen LogP contribution in [0.25, 0.3) is 0 Å². The van der Waals surface area contributed by atoms with E-state index in [2.05, 4.69) is 10.6 Å². The normalized spacial score (nSPS) is 23.4. The number of hydrogen-bond donors (Lipinski definition) is 2. The zero-order valence-electron chi connectivity index (χ0n) is 17.8. The number of piperidine rings is 1. The highest BCUT2D eigenvalue weighted by atomic mass is 16.5. The SMILES string of the molecule is COC(=O)c1ccc(C(=O)N2CCC3(CC2)CC2(CO3)NC(=O)c3ccccc3N2)cc1. The summed E-state index contributed by atoms with van der Waals surface area (Å²) in [7, 11) is 1.33. The predicted molar refractivity (Wildman–Crippen MR) is 116 cm³/mol. The summed E-state index contributed by atoms with van der Waals surface area (Å²) in [5, 5.41) is 6.58. The molecule has 3 aliphatic heterocycles. The monoisotopic (exact) mass is 435 g/mol. The summed E-state index contributed by atoms with van der Waals surface area (Å²) in [4.78, 5) is 38.9. The highest BCUT2D eigenvalue weighted by molar-refractivity contribution is 6.02. The van der Waals surface area contributed by atoms with Gasteiger partial charge in [-0.3, -0.25) is 9.59 Å². The molecule has 0 radical (unpaired) electrons. The molecule has 166 valence electrons. The van der Waals surface area contributed by atoms with Gasteiger partial charge in [-0.05, 0) is 49.2 Å². The Labute approximate surface area is 185 Å². The van der Waals surface area contributed by atoms with Crippen LogP contribution < -0.4 is 10.6 Å². The average molecular weight is 435 g/mol. The van der Waals surface area contributed by atoms with Crippen LogP contribution in [0.4, 0.5) is 5.69 Å². The van der Waals surface area contributed by atoms with E-state index in [0.29, 0.717) is 55.6 Å². The van der Waals surface area contributed by atoms with Crippen LogP contribution in [0.15, 0.2) is 48.5 Å². The third kappa shape index (κ3) is 3.50. The van der Waals surface area contributed by atoms with Gasteiger partial charge >= 0.3 is 5.97 Å². The van der Waals surface area contributed by atoms with Gasteiger partial charge in [0.15, 0.2) is 0 Å². The fraction of sp³-hybridized carbons (Fsp3) is 0.375. The molecule has 2 saturated heterocycles. The van der Waals surface area contributed by atoms with Gasteiger partial charge in [0.2, 0.25) is 0 Å². The van der Waals surface area contributed by atoms with Gasteiger partial charge < -0.3 is 25.0 Å². The first kappa shape index (κ1) is 20.5. The number of carbonyl (C=O) groups is 3. The van der Waals surface area contributed by atoms with Crippen molar-refractivity contribution in [1.29, 1.82) is 0 Å². The van der Waals surface area contributed by atoms with Crippen molar-refractivity contribution in [3.05, 3.63) is 65.2 Å². The molecule has 1 unspecified atom stereocenters. The van der Waals surface area contributed by atoms with Gasteiger partial charge in [-0.1, -0.05) is 12.1 Å². The van der Waals surface area contributed by atoms with Crippen molar-refractivity contribution < 1.29 is 23.9 Å². The van der Waals surface area contributed by atoms with Gasteiger partial charge in [-0.15, -0.1) is 0 Å². The van der Waals surface area contributed by atoms with Crippen molar-refractivity contribution >= 4 is 23.5 Å². The second kappa shape index (κ2) is 7.63. The number of rotatable bonds is 2. The Hall–Kier alpha value is -3.39. The smallest absolute Gasteiger partial charge is 0.337 e. The minimum absolute atomic E-state index is 0.0676. The maximum Gasteiger partial charge on any atom is 0.337 e. The molecule has 2 aromatic carbocycles. The highest BCUT2D eigenvalue weighted by Gasteiger charge is 2.53. The van der Waals surface area contributed by atoms with Gasteiger partial charge in [0.25, 0.3) is 11.8 Å². The van der Waals surface area contributed by atoms with Crippen LogP contribution in [-0.4, -0.2) is 60.8 Å². The lowest BCUT2D eigenvalue weighted by Crippen LogP contribution is -2.59. The number of carbonyl (C=O) groups excluding carboxylic acids is 3. The minimum Gasteiger partial charge on any atom is -0.465 e. The molecule has 2 N–H and O–H groups in total. The zero-order valence-corrected chi connectivity index (χ0v) is 17.8. The van der Waals surface area contributed by atoms with Crippen LogP contribution in [0.3, 0.4) is 0 Å². The molecule has 0 saturated carbocycles. The van der Waals surface area contributed by atoms with Gasteiger partial charge in [-0.25, -0.2) is 4.79 Å². The second-order valence-electron chi connectivity index (χ2n) is 8.72. The number of esters is 1. The maximum atomic E-state index is 12.9. The summed E-state index contributed by atoms with van der Waals surface area (Å²) in [6.45, 7) is 1.52. The van der Waals surface area contributed by atoms with Gasteiger partial charge in [0.05, 0.1) is 30.4 Å². The molecule has 0 aromatic heterocycles. The van der Waals surface area contributed by atoms with Gasteiger partial charge in [0.1, 0.15) is 5.66 Å². The van der Waals surface area contributed by atoms with E-state index in [0.717, 1.165) is 5.69 Å². The average Bonchev–Trinajstić information content (AvgIpc) is 3.15. The lowest BCUT2D eigenvalue weighted by Gasteiger charge is -2.41. The molecule has 0 aliphatic carbocycles.